The SMILES string of the molecule is CC(C)Oc1ccc(-c2ccc(OCCN3CCOCC3)c(/C=C3\SC(=S)N(CCc4ccc(C(=O)O)cc4)C3=O)c2)c(F)c1. The average Bonchev–Trinajstić information content (AvgIpc) is 3.28. The second-order valence-electron chi connectivity index (χ2n) is 10.9. The van der Waals surface area contributed by atoms with Gasteiger partial charge in [-0.1, -0.05) is 42.2 Å². The normalized spacial score (nSPS) is 16.5. The van der Waals surface area contributed by atoms with E-state index in [1.54, 1.807) is 53.4 Å². The maximum atomic E-state index is 15.2. The minimum Gasteiger partial charge on any atom is -0.492 e. The maximum Gasteiger partial charge on any atom is 0.335 e. The van der Waals surface area contributed by atoms with Crippen LogP contribution in [-0.4, -0.2) is 83.2 Å². The molecule has 45 heavy (non-hydrogen) atoms. The van der Waals surface area contributed by atoms with Crippen molar-refractivity contribution in [3.63, 3.8) is 0 Å². The predicted molar refractivity (Wildman–Crippen MR) is 177 cm³/mol. The van der Waals surface area contributed by atoms with E-state index >= 15 is 4.39 Å². The molecule has 5 rings (SSSR count). The molecule has 2 fully saturated rings. The van der Waals surface area contributed by atoms with Crippen LogP contribution in [0.2, 0.25) is 0 Å². The Morgan fingerprint density at radius 3 is 2.53 bits per heavy atom. The lowest BCUT2D eigenvalue weighted by Gasteiger charge is -2.26. The fourth-order valence-corrected chi connectivity index (χ4v) is 6.33. The van der Waals surface area contributed by atoms with E-state index in [-0.39, 0.29) is 17.6 Å². The summed E-state index contributed by atoms with van der Waals surface area (Å²) in [5, 5.41) is 9.14. The van der Waals surface area contributed by atoms with Crippen molar-refractivity contribution in [3.8, 4) is 22.6 Å². The van der Waals surface area contributed by atoms with Crippen molar-refractivity contribution in [2.75, 3.05) is 46.0 Å². The number of aromatic carboxylic acids is 1. The molecule has 3 aromatic carbocycles. The highest BCUT2D eigenvalue weighted by molar-refractivity contribution is 8.26. The Labute approximate surface area is 271 Å². The maximum absolute atomic E-state index is 15.2. The summed E-state index contributed by atoms with van der Waals surface area (Å²) in [5.74, 6) is -0.593. The van der Waals surface area contributed by atoms with Gasteiger partial charge in [-0.3, -0.25) is 14.6 Å². The van der Waals surface area contributed by atoms with Crippen LogP contribution in [0.1, 0.15) is 35.3 Å². The Hall–Kier alpha value is -3.77. The molecule has 2 aliphatic rings. The second-order valence-corrected chi connectivity index (χ2v) is 12.6. The number of rotatable bonds is 12. The van der Waals surface area contributed by atoms with Crippen LogP contribution in [0.5, 0.6) is 11.5 Å². The molecule has 11 heteroatoms. The molecule has 3 aromatic rings. The number of carbonyl (C=O) groups is 2. The van der Waals surface area contributed by atoms with E-state index in [1.165, 1.54) is 17.8 Å². The van der Waals surface area contributed by atoms with Gasteiger partial charge >= 0.3 is 5.97 Å². The van der Waals surface area contributed by atoms with E-state index in [1.807, 2.05) is 26.0 Å². The van der Waals surface area contributed by atoms with E-state index in [9.17, 15) is 9.59 Å². The van der Waals surface area contributed by atoms with Crippen molar-refractivity contribution in [1.29, 1.82) is 0 Å². The van der Waals surface area contributed by atoms with E-state index < -0.39 is 11.8 Å². The molecule has 0 unspecified atom stereocenters. The molecule has 1 amide bonds. The number of benzene rings is 3. The van der Waals surface area contributed by atoms with Crippen LogP contribution in [0.15, 0.2) is 65.6 Å². The first kappa shape index (κ1) is 32.6. The van der Waals surface area contributed by atoms with Crippen LogP contribution in [0.3, 0.4) is 0 Å². The number of thiocarbonyl (C=S) groups is 1. The monoisotopic (exact) mass is 650 g/mol. The van der Waals surface area contributed by atoms with Crippen molar-refractivity contribution in [2.24, 2.45) is 0 Å². The summed E-state index contributed by atoms with van der Waals surface area (Å²) in [6.07, 6.45) is 2.19. The largest absolute Gasteiger partial charge is 0.492 e. The molecule has 0 spiro atoms. The lowest BCUT2D eigenvalue weighted by Crippen LogP contribution is -2.38. The summed E-state index contributed by atoms with van der Waals surface area (Å²) in [6, 6.07) is 16.8. The molecule has 2 heterocycles. The second kappa shape index (κ2) is 15.0. The Balaban J connectivity index is 1.37. The van der Waals surface area contributed by atoms with E-state index in [0.717, 1.165) is 25.2 Å². The highest BCUT2D eigenvalue weighted by Crippen LogP contribution is 2.37. The fraction of sp³-hybridized carbons (Fsp3) is 0.324. The quantitative estimate of drug-likeness (QED) is 0.184. The Bertz CT molecular complexity index is 1590. The molecule has 0 aliphatic carbocycles. The number of carbonyl (C=O) groups excluding carboxylic acids is 1. The zero-order valence-electron chi connectivity index (χ0n) is 25.2. The van der Waals surface area contributed by atoms with Gasteiger partial charge in [0, 0.05) is 43.4 Å². The molecule has 0 bridgehead atoms. The fourth-order valence-electron chi connectivity index (χ4n) is 5.03. The van der Waals surface area contributed by atoms with E-state index in [2.05, 4.69) is 4.90 Å². The molecule has 8 nitrogen and oxygen atoms in total. The van der Waals surface area contributed by atoms with Crippen LogP contribution in [0, 0.1) is 5.82 Å². The minimum absolute atomic E-state index is 0.0769. The Kier molecular flexibility index (Phi) is 10.9. The van der Waals surface area contributed by atoms with Gasteiger partial charge in [-0.25, -0.2) is 9.18 Å². The number of hydrogen-bond acceptors (Lipinski definition) is 8. The third-order valence-corrected chi connectivity index (χ3v) is 8.76. The zero-order valence-corrected chi connectivity index (χ0v) is 26.8. The van der Waals surface area contributed by atoms with Gasteiger partial charge in [0.2, 0.25) is 0 Å². The van der Waals surface area contributed by atoms with Crippen LogP contribution >= 0.6 is 24.0 Å². The lowest BCUT2D eigenvalue weighted by molar-refractivity contribution is -0.122. The van der Waals surface area contributed by atoms with E-state index in [4.69, 9.17) is 31.5 Å². The number of carboxylic acids is 1. The third kappa shape index (κ3) is 8.49. The predicted octanol–water partition coefficient (Wildman–Crippen LogP) is 6.13. The summed E-state index contributed by atoms with van der Waals surface area (Å²) in [7, 11) is 0. The molecule has 2 saturated heterocycles. The molecular formula is C34H35FN2O6S2. The van der Waals surface area contributed by atoms with Gasteiger partial charge in [0.25, 0.3) is 5.91 Å². The van der Waals surface area contributed by atoms with Gasteiger partial charge in [-0.15, -0.1) is 0 Å². The van der Waals surface area contributed by atoms with Gasteiger partial charge in [0.05, 0.1) is 29.8 Å². The Morgan fingerprint density at radius 1 is 1.09 bits per heavy atom. The van der Waals surface area contributed by atoms with Gasteiger partial charge in [-0.05, 0) is 73.9 Å². The zero-order chi connectivity index (χ0) is 31.9. The molecule has 0 aromatic heterocycles. The number of thioether (sulfide) groups is 1. The number of hydrogen-bond donors (Lipinski definition) is 1. The van der Waals surface area contributed by atoms with Crippen LogP contribution < -0.4 is 9.47 Å². The minimum atomic E-state index is -0.989. The highest BCUT2D eigenvalue weighted by atomic mass is 32.2. The van der Waals surface area contributed by atoms with Gasteiger partial charge in [0.15, 0.2) is 0 Å². The lowest BCUT2D eigenvalue weighted by atomic mass is 10.0. The topological polar surface area (TPSA) is 88.5 Å². The number of halogens is 1. The van der Waals surface area contributed by atoms with Crippen molar-refractivity contribution in [1.82, 2.24) is 9.80 Å². The van der Waals surface area contributed by atoms with Crippen molar-refractivity contribution in [2.45, 2.75) is 26.4 Å². The smallest absolute Gasteiger partial charge is 0.335 e. The summed E-state index contributed by atoms with van der Waals surface area (Å²) in [6.45, 7) is 8.38. The van der Waals surface area contributed by atoms with Crippen LogP contribution in [-0.2, 0) is 16.0 Å². The summed E-state index contributed by atoms with van der Waals surface area (Å²) >= 11 is 6.77. The van der Waals surface area contributed by atoms with Crippen molar-refractivity contribution >= 4 is 46.3 Å². The van der Waals surface area contributed by atoms with E-state index in [0.29, 0.717) is 70.2 Å². The molecular weight excluding hydrogens is 616 g/mol. The number of nitrogens with zero attached hydrogens (tertiary/aromatic N) is 2. The van der Waals surface area contributed by atoms with Crippen LogP contribution in [0.25, 0.3) is 17.2 Å². The first-order valence-corrected chi connectivity index (χ1v) is 16.0. The standard InChI is InChI=1S/C34H35FN2O6S2/c1-22(2)43-27-8-9-28(29(35)21-27)25-7-10-30(42-18-15-36-13-16-41-17-14-36)26(19-25)20-31-32(38)37(34(44)45-31)12-11-23-3-5-24(6-4-23)33(39)40/h3-10,19-22H,11-18H2,1-2H3,(H,39,40)/b31-20-. The molecule has 2 aliphatic heterocycles. The molecule has 0 radical (unpaired) electrons. The average molecular weight is 651 g/mol. The molecule has 0 saturated carbocycles. The highest BCUT2D eigenvalue weighted by Gasteiger charge is 2.32. The summed E-state index contributed by atoms with van der Waals surface area (Å²) < 4.78 is 32.9. The number of morpholine rings is 1. The number of carboxylic acid groups (broad SMARTS) is 1. The summed E-state index contributed by atoms with van der Waals surface area (Å²) in [5.41, 5.74) is 2.78. The molecule has 0 atom stereocenters. The van der Waals surface area contributed by atoms with Gasteiger partial charge in [0.1, 0.15) is 28.2 Å². The van der Waals surface area contributed by atoms with Gasteiger partial charge in [-0.2, -0.15) is 0 Å². The summed E-state index contributed by atoms with van der Waals surface area (Å²) in [4.78, 5) is 28.9. The molecule has 1 N–H and O–H groups in total. The number of ether oxygens (including phenoxy) is 3. The molecule has 236 valence electrons. The first-order chi connectivity index (χ1) is 21.7. The van der Waals surface area contributed by atoms with Crippen molar-refractivity contribution < 1.29 is 33.3 Å². The van der Waals surface area contributed by atoms with Crippen LogP contribution in [0.4, 0.5) is 4.39 Å². The number of amides is 1. The van der Waals surface area contributed by atoms with Crippen molar-refractivity contribution in [3.05, 3.63) is 88.1 Å². The first-order valence-electron chi connectivity index (χ1n) is 14.8. The van der Waals surface area contributed by atoms with Gasteiger partial charge < -0.3 is 19.3 Å². The Morgan fingerprint density at radius 2 is 1.84 bits per heavy atom. The third-order valence-electron chi connectivity index (χ3n) is 7.39.